The molecule has 0 amide bonds. The molecule has 0 aliphatic carbocycles. The van der Waals surface area contributed by atoms with Gasteiger partial charge in [0.05, 0.1) is 0 Å². The van der Waals surface area contributed by atoms with Crippen LogP contribution in [0.25, 0.3) is 0 Å². The first-order valence-electron chi connectivity index (χ1n) is 8.99. The third-order valence-electron chi connectivity index (χ3n) is 4.75. The molecule has 1 atom stereocenters. The number of fused-ring (bicyclic) bond motifs is 1. The molecule has 0 fully saturated rings. The molecule has 0 bridgehead atoms. The molecule has 0 unspecified atom stereocenters. The number of hydrogen-bond acceptors (Lipinski definition) is 4. The highest BCUT2D eigenvalue weighted by molar-refractivity contribution is 6.30. The van der Waals surface area contributed by atoms with Crippen LogP contribution in [0.5, 0.6) is 5.75 Å². The van der Waals surface area contributed by atoms with Gasteiger partial charge in [0, 0.05) is 48.2 Å². The third-order valence-corrected chi connectivity index (χ3v) is 4.99. The Kier molecular flexibility index (Phi) is 5.39. The van der Waals surface area contributed by atoms with Crippen molar-refractivity contribution in [2.75, 3.05) is 13.2 Å². The number of aliphatic hydroxyl groups excluding tert-OH is 1. The molecule has 27 heavy (non-hydrogen) atoms. The molecule has 0 saturated heterocycles. The summed E-state index contributed by atoms with van der Waals surface area (Å²) in [6, 6.07) is 17.6. The molecule has 138 valence electrons. The van der Waals surface area contributed by atoms with Gasteiger partial charge in [0.25, 0.3) is 0 Å². The number of nitrogens with zero attached hydrogens (tertiary/aromatic N) is 2. The first kappa shape index (κ1) is 18.0. The van der Waals surface area contributed by atoms with E-state index >= 15 is 0 Å². The normalized spacial score (nSPS) is 15.5. The summed E-state index contributed by atoms with van der Waals surface area (Å²) in [7, 11) is 0. The van der Waals surface area contributed by atoms with E-state index in [0.717, 1.165) is 47.1 Å². The Morgan fingerprint density at radius 3 is 2.85 bits per heavy atom. The van der Waals surface area contributed by atoms with Crippen LogP contribution in [-0.2, 0) is 13.1 Å². The predicted molar refractivity (Wildman–Crippen MR) is 106 cm³/mol. The largest absolute Gasteiger partial charge is 0.492 e. The molecule has 2 aromatic carbocycles. The molecule has 5 heteroatoms. The number of benzene rings is 2. The SMILES string of the molecule is O[C@@H](c1cccnc1)c1ccc2c(c1)CN(Cc1cccc(Cl)c1)CCO2. The van der Waals surface area contributed by atoms with E-state index in [9.17, 15) is 5.11 Å². The van der Waals surface area contributed by atoms with Crippen LogP contribution in [0, 0.1) is 0 Å². The van der Waals surface area contributed by atoms with Gasteiger partial charge in [0.2, 0.25) is 0 Å². The van der Waals surface area contributed by atoms with Gasteiger partial charge in [-0.25, -0.2) is 0 Å². The Morgan fingerprint density at radius 2 is 2.04 bits per heavy atom. The van der Waals surface area contributed by atoms with E-state index < -0.39 is 6.10 Å². The van der Waals surface area contributed by atoms with Crippen molar-refractivity contribution in [3.8, 4) is 5.75 Å². The predicted octanol–water partition coefficient (Wildman–Crippen LogP) is 4.21. The van der Waals surface area contributed by atoms with Crippen LogP contribution in [0.15, 0.2) is 67.0 Å². The Bertz CT molecular complexity index is 917. The summed E-state index contributed by atoms with van der Waals surface area (Å²) in [5.41, 5.74) is 3.88. The van der Waals surface area contributed by atoms with E-state index in [0.29, 0.717) is 6.61 Å². The van der Waals surface area contributed by atoms with Gasteiger partial charge in [-0.15, -0.1) is 0 Å². The van der Waals surface area contributed by atoms with Crippen molar-refractivity contribution in [1.29, 1.82) is 0 Å². The van der Waals surface area contributed by atoms with E-state index in [1.807, 2.05) is 48.5 Å². The highest BCUT2D eigenvalue weighted by atomic mass is 35.5. The van der Waals surface area contributed by atoms with Crippen LogP contribution >= 0.6 is 11.6 Å². The molecule has 0 radical (unpaired) electrons. The highest BCUT2D eigenvalue weighted by Gasteiger charge is 2.18. The third kappa shape index (κ3) is 4.30. The number of halogens is 1. The molecule has 1 aliphatic heterocycles. The molecule has 1 aliphatic rings. The smallest absolute Gasteiger partial charge is 0.123 e. The summed E-state index contributed by atoms with van der Waals surface area (Å²) in [6.45, 7) is 3.04. The Morgan fingerprint density at radius 1 is 1.11 bits per heavy atom. The minimum Gasteiger partial charge on any atom is -0.492 e. The summed E-state index contributed by atoms with van der Waals surface area (Å²) in [5, 5.41) is 11.4. The Hall–Kier alpha value is -2.40. The second-order valence-corrected chi connectivity index (χ2v) is 7.18. The topological polar surface area (TPSA) is 45.6 Å². The molecule has 1 aromatic heterocycles. The molecule has 1 N–H and O–H groups in total. The van der Waals surface area contributed by atoms with Crippen LogP contribution in [0.2, 0.25) is 5.02 Å². The van der Waals surface area contributed by atoms with E-state index in [1.54, 1.807) is 12.4 Å². The zero-order chi connectivity index (χ0) is 18.6. The number of ether oxygens (including phenoxy) is 1. The average molecular weight is 381 g/mol. The zero-order valence-electron chi connectivity index (χ0n) is 14.9. The molecule has 4 nitrogen and oxygen atoms in total. The van der Waals surface area contributed by atoms with E-state index in [1.165, 1.54) is 5.56 Å². The maximum atomic E-state index is 10.7. The van der Waals surface area contributed by atoms with Crippen molar-refractivity contribution >= 4 is 11.6 Å². The van der Waals surface area contributed by atoms with E-state index in [-0.39, 0.29) is 0 Å². The number of aliphatic hydroxyl groups is 1. The van der Waals surface area contributed by atoms with Crippen molar-refractivity contribution < 1.29 is 9.84 Å². The molecular formula is C22H21ClN2O2. The van der Waals surface area contributed by atoms with Gasteiger partial charge >= 0.3 is 0 Å². The zero-order valence-corrected chi connectivity index (χ0v) is 15.6. The van der Waals surface area contributed by atoms with E-state index in [4.69, 9.17) is 16.3 Å². The quantitative estimate of drug-likeness (QED) is 0.736. The van der Waals surface area contributed by atoms with Crippen molar-refractivity contribution in [2.45, 2.75) is 19.2 Å². The van der Waals surface area contributed by atoms with Gasteiger partial charge in [-0.3, -0.25) is 9.88 Å². The Balaban J connectivity index is 1.56. The van der Waals surface area contributed by atoms with Crippen molar-refractivity contribution in [3.05, 3.63) is 94.3 Å². The molecule has 2 heterocycles. The van der Waals surface area contributed by atoms with Crippen LogP contribution in [0.3, 0.4) is 0 Å². The first-order valence-corrected chi connectivity index (χ1v) is 9.37. The van der Waals surface area contributed by atoms with Crippen LogP contribution in [0.4, 0.5) is 0 Å². The van der Waals surface area contributed by atoms with Gasteiger partial charge in [-0.2, -0.15) is 0 Å². The second kappa shape index (κ2) is 8.09. The number of hydrogen-bond donors (Lipinski definition) is 1. The summed E-state index contributed by atoms with van der Waals surface area (Å²) >= 11 is 6.11. The van der Waals surface area contributed by atoms with Crippen molar-refractivity contribution in [2.24, 2.45) is 0 Å². The lowest BCUT2D eigenvalue weighted by molar-refractivity contribution is 0.218. The average Bonchev–Trinajstić information content (AvgIpc) is 2.89. The molecule has 4 rings (SSSR count). The highest BCUT2D eigenvalue weighted by Crippen LogP contribution is 2.29. The number of rotatable bonds is 4. The monoisotopic (exact) mass is 380 g/mol. The fraction of sp³-hybridized carbons (Fsp3) is 0.227. The maximum absolute atomic E-state index is 10.7. The van der Waals surface area contributed by atoms with Crippen LogP contribution in [0.1, 0.15) is 28.4 Å². The standard InChI is InChI=1S/C22H21ClN2O2/c23-20-5-1-3-16(11-20)14-25-9-10-27-21-7-6-17(12-19(21)15-25)22(26)18-4-2-8-24-13-18/h1-8,11-13,22,26H,9-10,14-15H2/t22-/m1/s1. The summed E-state index contributed by atoms with van der Waals surface area (Å²) in [6.07, 6.45) is 2.70. The lowest BCUT2D eigenvalue weighted by atomic mass is 10.00. The lowest BCUT2D eigenvalue weighted by Crippen LogP contribution is -2.25. The minimum atomic E-state index is -0.700. The van der Waals surface area contributed by atoms with Gasteiger partial charge in [0.1, 0.15) is 18.5 Å². The lowest BCUT2D eigenvalue weighted by Gasteiger charge is -2.20. The maximum Gasteiger partial charge on any atom is 0.123 e. The summed E-state index contributed by atoms with van der Waals surface area (Å²) in [5.74, 6) is 0.880. The molecular weight excluding hydrogens is 360 g/mol. The van der Waals surface area contributed by atoms with Gasteiger partial charge in [0.15, 0.2) is 0 Å². The van der Waals surface area contributed by atoms with Crippen molar-refractivity contribution in [3.63, 3.8) is 0 Å². The van der Waals surface area contributed by atoms with Gasteiger partial charge < -0.3 is 9.84 Å². The van der Waals surface area contributed by atoms with Crippen molar-refractivity contribution in [1.82, 2.24) is 9.88 Å². The fourth-order valence-electron chi connectivity index (χ4n) is 3.40. The molecule has 0 spiro atoms. The van der Waals surface area contributed by atoms with Crippen LogP contribution in [-0.4, -0.2) is 28.1 Å². The fourth-order valence-corrected chi connectivity index (χ4v) is 3.61. The van der Waals surface area contributed by atoms with Gasteiger partial charge in [-0.1, -0.05) is 35.9 Å². The first-order chi connectivity index (χ1) is 13.2. The summed E-state index contributed by atoms with van der Waals surface area (Å²) in [4.78, 5) is 6.43. The van der Waals surface area contributed by atoms with E-state index in [2.05, 4.69) is 16.0 Å². The number of aromatic nitrogens is 1. The number of pyridine rings is 1. The molecule has 3 aromatic rings. The summed E-state index contributed by atoms with van der Waals surface area (Å²) < 4.78 is 5.92. The van der Waals surface area contributed by atoms with Crippen LogP contribution < -0.4 is 4.74 Å². The second-order valence-electron chi connectivity index (χ2n) is 6.75. The minimum absolute atomic E-state index is 0.637. The Labute approximate surface area is 164 Å². The molecule has 0 saturated carbocycles. The van der Waals surface area contributed by atoms with Gasteiger partial charge in [-0.05, 0) is 41.5 Å².